The second-order valence-corrected chi connectivity index (χ2v) is 3.44. The van der Waals surface area contributed by atoms with Gasteiger partial charge in [-0.15, -0.1) is 0 Å². The van der Waals surface area contributed by atoms with Crippen molar-refractivity contribution in [2.45, 2.75) is 39.4 Å². The molecule has 0 saturated heterocycles. The topological polar surface area (TPSA) is 29.3 Å². The second kappa shape index (κ2) is 5.24. The fourth-order valence-electron chi connectivity index (χ4n) is 0.852. The first kappa shape index (κ1) is 13.3. The molecule has 0 spiro atoms. The lowest BCUT2D eigenvalue weighted by Crippen LogP contribution is -2.32. The zero-order chi connectivity index (χ0) is 11.4. The highest BCUT2D eigenvalue weighted by Crippen LogP contribution is 2.29. The van der Waals surface area contributed by atoms with Crippen molar-refractivity contribution in [1.29, 1.82) is 0 Å². The van der Waals surface area contributed by atoms with E-state index in [1.54, 1.807) is 13.8 Å². The number of rotatable bonds is 4. The summed E-state index contributed by atoms with van der Waals surface area (Å²) in [7, 11) is 0. The zero-order valence-electron chi connectivity index (χ0n) is 8.67. The standard InChI is InChI=1S/C9H17F3N2/c1-4-8(9(10,11)12)5-6-14(13)7(2)3/h5-8H,4,13H2,1-3H3/b6-5-. The molecule has 0 aromatic rings. The Kier molecular flexibility index (Phi) is 4.97. The Hall–Kier alpha value is -0.710. The molecule has 0 aliphatic rings. The van der Waals surface area contributed by atoms with Crippen LogP contribution in [0, 0.1) is 5.92 Å². The Morgan fingerprint density at radius 1 is 1.36 bits per heavy atom. The van der Waals surface area contributed by atoms with E-state index in [9.17, 15) is 13.2 Å². The van der Waals surface area contributed by atoms with Crippen LogP contribution in [0.5, 0.6) is 0 Å². The van der Waals surface area contributed by atoms with Gasteiger partial charge in [-0.3, -0.25) is 0 Å². The highest BCUT2D eigenvalue weighted by Gasteiger charge is 2.36. The van der Waals surface area contributed by atoms with Crippen molar-refractivity contribution in [3.05, 3.63) is 12.3 Å². The lowest BCUT2D eigenvalue weighted by atomic mass is 10.1. The van der Waals surface area contributed by atoms with Gasteiger partial charge in [0.2, 0.25) is 0 Å². The summed E-state index contributed by atoms with van der Waals surface area (Å²) < 4.78 is 36.8. The molecule has 0 heterocycles. The number of halogens is 3. The highest BCUT2D eigenvalue weighted by atomic mass is 19.4. The third kappa shape index (κ3) is 4.50. The first-order valence-electron chi connectivity index (χ1n) is 4.57. The molecule has 0 aromatic carbocycles. The fraction of sp³-hybridized carbons (Fsp3) is 0.778. The van der Waals surface area contributed by atoms with Gasteiger partial charge in [-0.25, -0.2) is 5.84 Å². The average Bonchev–Trinajstić information content (AvgIpc) is 2.02. The summed E-state index contributed by atoms with van der Waals surface area (Å²) in [5.74, 6) is 4.03. The molecule has 84 valence electrons. The monoisotopic (exact) mass is 210 g/mol. The predicted molar refractivity (Wildman–Crippen MR) is 50.1 cm³/mol. The van der Waals surface area contributed by atoms with Gasteiger partial charge in [0.15, 0.2) is 0 Å². The molecule has 1 atom stereocenters. The maximum atomic E-state index is 12.3. The van der Waals surface area contributed by atoms with E-state index in [1.165, 1.54) is 18.1 Å². The van der Waals surface area contributed by atoms with Crippen LogP contribution >= 0.6 is 0 Å². The third-order valence-electron chi connectivity index (χ3n) is 1.95. The van der Waals surface area contributed by atoms with E-state index in [-0.39, 0.29) is 12.5 Å². The van der Waals surface area contributed by atoms with E-state index in [4.69, 9.17) is 5.84 Å². The minimum atomic E-state index is -4.18. The molecule has 0 amide bonds. The van der Waals surface area contributed by atoms with Gasteiger partial charge in [0.25, 0.3) is 0 Å². The minimum absolute atomic E-state index is 0.00279. The summed E-state index contributed by atoms with van der Waals surface area (Å²) in [6.45, 7) is 5.11. The number of allylic oxidation sites excluding steroid dienone is 1. The van der Waals surface area contributed by atoms with Crippen molar-refractivity contribution in [2.24, 2.45) is 11.8 Å². The molecule has 0 radical (unpaired) electrons. The van der Waals surface area contributed by atoms with Gasteiger partial charge in [-0.05, 0) is 20.3 Å². The summed E-state index contributed by atoms with van der Waals surface area (Å²) in [5, 5.41) is 1.26. The van der Waals surface area contributed by atoms with Crippen LogP contribution in [0.25, 0.3) is 0 Å². The SMILES string of the molecule is CCC(/C=C\N(N)C(C)C)C(F)(F)F. The molecule has 14 heavy (non-hydrogen) atoms. The van der Waals surface area contributed by atoms with Crippen LogP contribution in [0.3, 0.4) is 0 Å². The van der Waals surface area contributed by atoms with Crippen LogP contribution in [0.2, 0.25) is 0 Å². The van der Waals surface area contributed by atoms with Crippen molar-refractivity contribution in [1.82, 2.24) is 5.01 Å². The molecule has 0 bridgehead atoms. The van der Waals surface area contributed by atoms with Crippen molar-refractivity contribution >= 4 is 0 Å². The van der Waals surface area contributed by atoms with Crippen LogP contribution in [0.15, 0.2) is 12.3 Å². The van der Waals surface area contributed by atoms with Crippen molar-refractivity contribution in [3.8, 4) is 0 Å². The minimum Gasteiger partial charge on any atom is -0.316 e. The van der Waals surface area contributed by atoms with Gasteiger partial charge < -0.3 is 5.01 Å². The summed E-state index contributed by atoms with van der Waals surface area (Å²) >= 11 is 0. The first-order valence-corrected chi connectivity index (χ1v) is 4.57. The van der Waals surface area contributed by atoms with Gasteiger partial charge in [-0.2, -0.15) is 13.2 Å². The quantitative estimate of drug-likeness (QED) is 0.571. The molecule has 5 heteroatoms. The van der Waals surface area contributed by atoms with Crippen LogP contribution in [-0.4, -0.2) is 17.2 Å². The van der Waals surface area contributed by atoms with Crippen molar-refractivity contribution in [2.75, 3.05) is 0 Å². The number of hydrogen-bond acceptors (Lipinski definition) is 2. The van der Waals surface area contributed by atoms with E-state index >= 15 is 0 Å². The Balaban J connectivity index is 4.32. The summed E-state index contributed by atoms with van der Waals surface area (Å²) in [6.07, 6.45) is -1.76. The maximum Gasteiger partial charge on any atom is 0.395 e. The Labute approximate surface area is 82.5 Å². The normalized spacial score (nSPS) is 15.1. The molecule has 0 aliphatic carbocycles. The number of hydrazine groups is 1. The van der Waals surface area contributed by atoms with Gasteiger partial charge in [0.05, 0.1) is 5.92 Å². The van der Waals surface area contributed by atoms with Gasteiger partial charge in [0.1, 0.15) is 0 Å². The van der Waals surface area contributed by atoms with E-state index in [0.717, 1.165) is 6.08 Å². The van der Waals surface area contributed by atoms with Crippen LogP contribution in [-0.2, 0) is 0 Å². The molecule has 2 nitrogen and oxygen atoms in total. The van der Waals surface area contributed by atoms with E-state index in [1.807, 2.05) is 0 Å². The number of alkyl halides is 3. The molecule has 0 saturated carbocycles. The van der Waals surface area contributed by atoms with E-state index < -0.39 is 12.1 Å². The van der Waals surface area contributed by atoms with E-state index in [2.05, 4.69) is 0 Å². The molecule has 0 fully saturated rings. The van der Waals surface area contributed by atoms with Crippen LogP contribution in [0.4, 0.5) is 13.2 Å². The number of nitrogens with zero attached hydrogens (tertiary/aromatic N) is 1. The Morgan fingerprint density at radius 3 is 2.14 bits per heavy atom. The fourth-order valence-corrected chi connectivity index (χ4v) is 0.852. The van der Waals surface area contributed by atoms with E-state index in [0.29, 0.717) is 0 Å². The molecule has 0 aliphatic heterocycles. The lowest BCUT2D eigenvalue weighted by molar-refractivity contribution is -0.161. The number of nitrogens with two attached hydrogens (primary N) is 1. The second-order valence-electron chi connectivity index (χ2n) is 3.44. The molecule has 0 aromatic heterocycles. The first-order chi connectivity index (χ1) is 6.29. The highest BCUT2D eigenvalue weighted by molar-refractivity contribution is 4.91. The molecule has 0 rings (SSSR count). The maximum absolute atomic E-state index is 12.3. The smallest absolute Gasteiger partial charge is 0.316 e. The Bertz CT molecular complexity index is 187. The average molecular weight is 210 g/mol. The van der Waals surface area contributed by atoms with Crippen molar-refractivity contribution in [3.63, 3.8) is 0 Å². The molecular weight excluding hydrogens is 193 g/mol. The predicted octanol–water partition coefficient (Wildman–Crippen LogP) is 2.67. The zero-order valence-corrected chi connectivity index (χ0v) is 8.67. The largest absolute Gasteiger partial charge is 0.395 e. The van der Waals surface area contributed by atoms with Gasteiger partial charge >= 0.3 is 6.18 Å². The van der Waals surface area contributed by atoms with Crippen LogP contribution in [0.1, 0.15) is 27.2 Å². The third-order valence-corrected chi connectivity index (χ3v) is 1.95. The summed E-state index contributed by atoms with van der Waals surface area (Å²) in [4.78, 5) is 0. The van der Waals surface area contributed by atoms with Crippen molar-refractivity contribution < 1.29 is 13.2 Å². The summed E-state index contributed by atoms with van der Waals surface area (Å²) in [5.41, 5.74) is 0. The molecular formula is C9H17F3N2. The summed E-state index contributed by atoms with van der Waals surface area (Å²) in [6, 6.07) is -0.00279. The Morgan fingerprint density at radius 2 is 1.86 bits per heavy atom. The molecule has 1 unspecified atom stereocenters. The lowest BCUT2D eigenvalue weighted by Gasteiger charge is -2.20. The van der Waals surface area contributed by atoms with Gasteiger partial charge in [0, 0.05) is 12.2 Å². The van der Waals surface area contributed by atoms with Crippen LogP contribution < -0.4 is 5.84 Å². The number of hydrogen-bond donors (Lipinski definition) is 1. The van der Waals surface area contributed by atoms with Gasteiger partial charge in [-0.1, -0.05) is 13.0 Å². The molecule has 2 N–H and O–H groups in total.